The SMILES string of the molecule is O=C(c1ccc(C(F)(F)F)cc1)N1CCc2nc(N3CCc4ccccc4C3)nc(N3CCOCC3)c2C1. The van der Waals surface area contributed by atoms with Crippen LogP contribution in [-0.2, 0) is 36.8 Å². The molecule has 3 aliphatic heterocycles. The minimum absolute atomic E-state index is 0.235. The fraction of sp³-hybridized carbons (Fsp3) is 0.393. The minimum Gasteiger partial charge on any atom is -0.378 e. The second-order valence-corrected chi connectivity index (χ2v) is 9.86. The lowest BCUT2D eigenvalue weighted by Gasteiger charge is -2.36. The first-order valence-electron chi connectivity index (χ1n) is 12.9. The summed E-state index contributed by atoms with van der Waals surface area (Å²) in [6, 6.07) is 12.8. The average Bonchev–Trinajstić information content (AvgIpc) is 2.95. The van der Waals surface area contributed by atoms with Crippen LogP contribution in [0, 0.1) is 0 Å². The quantitative estimate of drug-likeness (QED) is 0.516. The first-order chi connectivity index (χ1) is 18.4. The summed E-state index contributed by atoms with van der Waals surface area (Å²) in [6.45, 7) is 4.91. The number of carbonyl (C=O) groups is 1. The Hall–Kier alpha value is -3.66. The summed E-state index contributed by atoms with van der Waals surface area (Å²) in [5.41, 5.74) is 3.92. The molecule has 3 aromatic rings. The van der Waals surface area contributed by atoms with Crippen LogP contribution in [0.3, 0.4) is 0 Å². The zero-order chi connectivity index (χ0) is 26.3. The Morgan fingerprint density at radius 3 is 2.29 bits per heavy atom. The molecular weight excluding hydrogens is 495 g/mol. The molecule has 0 aliphatic carbocycles. The number of ether oxygens (including phenoxy) is 1. The minimum atomic E-state index is -4.44. The summed E-state index contributed by atoms with van der Waals surface area (Å²) in [4.78, 5) is 29.3. The predicted molar refractivity (Wildman–Crippen MR) is 136 cm³/mol. The molecule has 1 fully saturated rings. The van der Waals surface area contributed by atoms with Crippen LogP contribution in [0.5, 0.6) is 0 Å². The Morgan fingerprint density at radius 2 is 1.55 bits per heavy atom. The highest BCUT2D eigenvalue weighted by molar-refractivity contribution is 5.94. The van der Waals surface area contributed by atoms with Crippen LogP contribution in [0.4, 0.5) is 24.9 Å². The lowest BCUT2D eigenvalue weighted by Crippen LogP contribution is -2.42. The van der Waals surface area contributed by atoms with Gasteiger partial charge in [0.05, 0.1) is 31.0 Å². The number of morpholine rings is 1. The first kappa shape index (κ1) is 24.7. The number of fused-ring (bicyclic) bond motifs is 2. The van der Waals surface area contributed by atoms with Gasteiger partial charge in [0, 0.05) is 50.3 Å². The van der Waals surface area contributed by atoms with E-state index in [1.54, 1.807) is 4.90 Å². The van der Waals surface area contributed by atoms with Gasteiger partial charge in [-0.25, -0.2) is 4.98 Å². The van der Waals surface area contributed by atoms with Crippen LogP contribution < -0.4 is 9.80 Å². The summed E-state index contributed by atoms with van der Waals surface area (Å²) in [5, 5.41) is 0. The van der Waals surface area contributed by atoms with Crippen molar-refractivity contribution in [1.82, 2.24) is 14.9 Å². The van der Waals surface area contributed by atoms with Crippen molar-refractivity contribution in [2.75, 3.05) is 49.2 Å². The van der Waals surface area contributed by atoms with Gasteiger partial charge in [-0.05, 0) is 41.8 Å². The van der Waals surface area contributed by atoms with Crippen LogP contribution >= 0.6 is 0 Å². The summed E-state index contributed by atoms with van der Waals surface area (Å²) in [5.74, 6) is 1.22. The molecule has 0 unspecified atom stereocenters. The molecule has 0 saturated carbocycles. The normalized spacial score (nSPS) is 17.7. The summed E-state index contributed by atoms with van der Waals surface area (Å²) < 4.78 is 44.5. The molecule has 10 heteroatoms. The van der Waals surface area contributed by atoms with Gasteiger partial charge < -0.3 is 19.4 Å². The third-order valence-corrected chi connectivity index (χ3v) is 7.50. The van der Waals surface area contributed by atoms with Crippen molar-refractivity contribution in [3.05, 3.63) is 82.0 Å². The molecule has 198 valence electrons. The molecule has 6 rings (SSSR count). The van der Waals surface area contributed by atoms with E-state index in [1.165, 1.54) is 23.3 Å². The number of nitrogens with zero attached hydrogens (tertiary/aromatic N) is 5. The Bertz CT molecular complexity index is 1340. The number of hydrogen-bond acceptors (Lipinski definition) is 6. The van der Waals surface area contributed by atoms with Crippen molar-refractivity contribution >= 4 is 17.7 Å². The Balaban J connectivity index is 1.29. The summed E-state index contributed by atoms with van der Waals surface area (Å²) >= 11 is 0. The monoisotopic (exact) mass is 523 g/mol. The number of anilines is 2. The standard InChI is InChI=1S/C28H28F3N5O2/c29-28(30,31)22-7-5-20(6-8-22)26(37)35-12-10-24-23(18-35)25(34-13-15-38-16-14-34)33-27(32-24)36-11-9-19-3-1-2-4-21(19)17-36/h1-8H,9-18H2. The molecule has 1 saturated heterocycles. The van der Waals surface area contributed by atoms with Gasteiger partial charge >= 0.3 is 6.18 Å². The second-order valence-electron chi connectivity index (χ2n) is 9.86. The molecule has 0 spiro atoms. The number of alkyl halides is 3. The summed E-state index contributed by atoms with van der Waals surface area (Å²) in [6.07, 6.45) is -2.96. The molecule has 0 radical (unpaired) electrons. The van der Waals surface area contributed by atoms with Gasteiger partial charge in [0.2, 0.25) is 5.95 Å². The predicted octanol–water partition coefficient (Wildman–Crippen LogP) is 4.09. The largest absolute Gasteiger partial charge is 0.416 e. The molecule has 1 aromatic heterocycles. The number of hydrogen-bond donors (Lipinski definition) is 0. The maximum Gasteiger partial charge on any atom is 0.416 e. The van der Waals surface area contributed by atoms with E-state index in [4.69, 9.17) is 14.7 Å². The van der Waals surface area contributed by atoms with E-state index in [2.05, 4.69) is 34.1 Å². The number of halogens is 3. The molecule has 4 heterocycles. The topological polar surface area (TPSA) is 61.8 Å². The van der Waals surface area contributed by atoms with E-state index >= 15 is 0 Å². The van der Waals surface area contributed by atoms with Gasteiger partial charge in [-0.3, -0.25) is 4.79 Å². The van der Waals surface area contributed by atoms with Crippen LogP contribution in [0.1, 0.15) is 38.3 Å². The van der Waals surface area contributed by atoms with Gasteiger partial charge in [0.15, 0.2) is 0 Å². The highest BCUT2D eigenvalue weighted by Gasteiger charge is 2.32. The molecule has 7 nitrogen and oxygen atoms in total. The van der Waals surface area contributed by atoms with Crippen molar-refractivity contribution in [1.29, 1.82) is 0 Å². The van der Waals surface area contributed by atoms with Gasteiger partial charge in [-0.15, -0.1) is 0 Å². The molecule has 38 heavy (non-hydrogen) atoms. The second kappa shape index (κ2) is 9.90. The molecular formula is C28H28F3N5O2. The zero-order valence-electron chi connectivity index (χ0n) is 20.9. The number of aromatic nitrogens is 2. The highest BCUT2D eigenvalue weighted by Crippen LogP contribution is 2.33. The van der Waals surface area contributed by atoms with Gasteiger partial charge in [0.25, 0.3) is 5.91 Å². The summed E-state index contributed by atoms with van der Waals surface area (Å²) in [7, 11) is 0. The smallest absolute Gasteiger partial charge is 0.378 e. The van der Waals surface area contributed by atoms with E-state index in [-0.39, 0.29) is 11.5 Å². The number of amides is 1. The lowest BCUT2D eigenvalue weighted by atomic mass is 10.00. The fourth-order valence-corrected chi connectivity index (χ4v) is 5.39. The van der Waals surface area contributed by atoms with E-state index in [0.717, 1.165) is 48.7 Å². The van der Waals surface area contributed by atoms with Crippen LogP contribution in [-0.4, -0.2) is 60.2 Å². The molecule has 0 bridgehead atoms. The fourth-order valence-electron chi connectivity index (χ4n) is 5.39. The van der Waals surface area contributed by atoms with Crippen molar-refractivity contribution in [2.24, 2.45) is 0 Å². The van der Waals surface area contributed by atoms with E-state index in [0.29, 0.717) is 51.8 Å². The van der Waals surface area contributed by atoms with Crippen molar-refractivity contribution < 1.29 is 22.7 Å². The van der Waals surface area contributed by atoms with Crippen LogP contribution in [0.15, 0.2) is 48.5 Å². The van der Waals surface area contributed by atoms with Crippen molar-refractivity contribution in [3.63, 3.8) is 0 Å². The third-order valence-electron chi connectivity index (χ3n) is 7.50. The molecule has 0 N–H and O–H groups in total. The molecule has 1 amide bonds. The molecule has 0 atom stereocenters. The number of carbonyl (C=O) groups excluding carboxylic acids is 1. The Kier molecular flexibility index (Phi) is 6.43. The van der Waals surface area contributed by atoms with E-state index in [1.807, 2.05) is 0 Å². The Morgan fingerprint density at radius 1 is 0.816 bits per heavy atom. The van der Waals surface area contributed by atoms with Gasteiger partial charge in [0.1, 0.15) is 5.82 Å². The lowest BCUT2D eigenvalue weighted by molar-refractivity contribution is -0.137. The maximum atomic E-state index is 13.3. The highest BCUT2D eigenvalue weighted by atomic mass is 19.4. The van der Waals surface area contributed by atoms with Crippen molar-refractivity contribution in [3.8, 4) is 0 Å². The average molecular weight is 524 g/mol. The number of benzene rings is 2. The molecule has 3 aliphatic rings. The molecule has 2 aromatic carbocycles. The van der Waals surface area contributed by atoms with E-state index in [9.17, 15) is 18.0 Å². The van der Waals surface area contributed by atoms with Crippen molar-refractivity contribution in [2.45, 2.75) is 32.1 Å². The first-order valence-corrected chi connectivity index (χ1v) is 12.9. The third kappa shape index (κ3) is 4.80. The number of rotatable bonds is 3. The van der Waals surface area contributed by atoms with E-state index < -0.39 is 11.7 Å². The van der Waals surface area contributed by atoms with Crippen LogP contribution in [0.25, 0.3) is 0 Å². The zero-order valence-corrected chi connectivity index (χ0v) is 20.9. The Labute approximate surface area is 218 Å². The maximum absolute atomic E-state index is 13.3. The van der Waals surface area contributed by atoms with Gasteiger partial charge in [-0.1, -0.05) is 24.3 Å². The van der Waals surface area contributed by atoms with Gasteiger partial charge in [-0.2, -0.15) is 18.2 Å². The van der Waals surface area contributed by atoms with Crippen LogP contribution in [0.2, 0.25) is 0 Å².